The molecule has 0 spiro atoms. The fourth-order valence-electron chi connectivity index (χ4n) is 0.887. The second-order valence-corrected chi connectivity index (χ2v) is 3.33. The molecule has 1 N–H and O–H groups in total. The summed E-state index contributed by atoms with van der Waals surface area (Å²) in [5.74, 6) is -0.981. The Morgan fingerprint density at radius 1 is 1.58 bits per heavy atom. The molecule has 0 atom stereocenters. The van der Waals surface area contributed by atoms with Gasteiger partial charge in [0.05, 0.1) is 5.56 Å². The normalized spacial score (nSPS) is 9.92. The highest BCUT2D eigenvalue weighted by Gasteiger charge is 2.10. The van der Waals surface area contributed by atoms with Gasteiger partial charge in [0, 0.05) is 9.92 Å². The van der Waals surface area contributed by atoms with Gasteiger partial charge in [0.2, 0.25) is 0 Å². The average molecular weight is 203 g/mol. The second kappa shape index (κ2) is 3.37. The van der Waals surface area contributed by atoms with Crippen molar-refractivity contribution in [3.05, 3.63) is 28.3 Å². The van der Waals surface area contributed by atoms with Gasteiger partial charge < -0.3 is 5.11 Å². The number of aromatic carboxylic acids is 1. The van der Waals surface area contributed by atoms with E-state index >= 15 is 0 Å². The standard InChI is InChI=1S/C8H7ClO2S/c1-4-6(8(10)11)2-5(12)3-7(4)9/h2-3,12H,1H3,(H,10,11). The van der Waals surface area contributed by atoms with E-state index in [0.717, 1.165) is 0 Å². The van der Waals surface area contributed by atoms with E-state index < -0.39 is 5.97 Å². The van der Waals surface area contributed by atoms with Crippen LogP contribution in [0.2, 0.25) is 5.02 Å². The van der Waals surface area contributed by atoms with Crippen LogP contribution in [0.1, 0.15) is 15.9 Å². The topological polar surface area (TPSA) is 37.3 Å². The van der Waals surface area contributed by atoms with Crippen molar-refractivity contribution in [2.45, 2.75) is 11.8 Å². The van der Waals surface area contributed by atoms with Crippen LogP contribution in [0, 0.1) is 6.92 Å². The van der Waals surface area contributed by atoms with Gasteiger partial charge >= 0.3 is 5.97 Å². The molecule has 0 bridgehead atoms. The Morgan fingerprint density at radius 2 is 2.17 bits per heavy atom. The van der Waals surface area contributed by atoms with Gasteiger partial charge in [-0.25, -0.2) is 4.79 Å². The molecule has 0 fully saturated rings. The molecule has 0 unspecified atom stereocenters. The Labute approximate surface area is 80.6 Å². The van der Waals surface area contributed by atoms with Crippen LogP contribution >= 0.6 is 24.2 Å². The van der Waals surface area contributed by atoms with E-state index in [1.165, 1.54) is 6.07 Å². The van der Waals surface area contributed by atoms with Crippen LogP contribution in [0.3, 0.4) is 0 Å². The SMILES string of the molecule is Cc1c(Cl)cc(S)cc1C(=O)O. The van der Waals surface area contributed by atoms with Crippen molar-refractivity contribution < 1.29 is 9.90 Å². The molecule has 1 aromatic rings. The molecule has 0 aromatic heterocycles. The summed E-state index contributed by atoms with van der Waals surface area (Å²) in [4.78, 5) is 11.2. The number of hydrogen-bond acceptors (Lipinski definition) is 2. The Morgan fingerprint density at radius 3 is 2.67 bits per heavy atom. The highest BCUT2D eigenvalue weighted by atomic mass is 35.5. The lowest BCUT2D eigenvalue weighted by atomic mass is 10.1. The summed E-state index contributed by atoms with van der Waals surface area (Å²) in [6, 6.07) is 3.10. The lowest BCUT2D eigenvalue weighted by Crippen LogP contribution is -1.99. The smallest absolute Gasteiger partial charge is 0.336 e. The highest BCUT2D eigenvalue weighted by molar-refractivity contribution is 7.80. The zero-order valence-electron chi connectivity index (χ0n) is 6.34. The number of rotatable bonds is 1. The Balaban J connectivity index is 3.37. The molecule has 1 rings (SSSR count). The zero-order chi connectivity index (χ0) is 9.30. The van der Waals surface area contributed by atoms with E-state index in [4.69, 9.17) is 16.7 Å². The van der Waals surface area contributed by atoms with Crippen LogP contribution in [-0.2, 0) is 0 Å². The molecule has 0 aliphatic heterocycles. The molecule has 0 radical (unpaired) electrons. The van der Waals surface area contributed by atoms with Gasteiger partial charge in [0.25, 0.3) is 0 Å². The maximum Gasteiger partial charge on any atom is 0.336 e. The quantitative estimate of drug-likeness (QED) is 0.687. The lowest BCUT2D eigenvalue weighted by Gasteiger charge is -2.03. The number of hydrogen-bond donors (Lipinski definition) is 2. The van der Waals surface area contributed by atoms with Crippen LogP contribution in [0.5, 0.6) is 0 Å². The number of halogens is 1. The molecule has 0 aliphatic rings. The maximum atomic E-state index is 10.6. The summed E-state index contributed by atoms with van der Waals surface area (Å²) in [7, 11) is 0. The third-order valence-corrected chi connectivity index (χ3v) is 2.21. The third-order valence-electron chi connectivity index (χ3n) is 1.56. The Bertz CT molecular complexity index is 336. The van der Waals surface area contributed by atoms with E-state index in [-0.39, 0.29) is 5.56 Å². The molecule has 0 amide bonds. The van der Waals surface area contributed by atoms with Gasteiger partial charge in [-0.1, -0.05) is 11.6 Å². The minimum Gasteiger partial charge on any atom is -0.478 e. The van der Waals surface area contributed by atoms with Crippen LogP contribution in [0.15, 0.2) is 17.0 Å². The molecule has 2 nitrogen and oxygen atoms in total. The van der Waals surface area contributed by atoms with Crippen molar-refractivity contribution in [2.75, 3.05) is 0 Å². The van der Waals surface area contributed by atoms with Crippen LogP contribution in [0.25, 0.3) is 0 Å². The number of carboxylic acid groups (broad SMARTS) is 1. The molecule has 0 saturated heterocycles. The molecule has 0 saturated carbocycles. The largest absolute Gasteiger partial charge is 0.478 e. The van der Waals surface area contributed by atoms with E-state index in [9.17, 15) is 4.79 Å². The fraction of sp³-hybridized carbons (Fsp3) is 0.125. The fourth-order valence-corrected chi connectivity index (χ4v) is 1.44. The summed E-state index contributed by atoms with van der Waals surface area (Å²) >= 11 is 9.77. The lowest BCUT2D eigenvalue weighted by molar-refractivity contribution is 0.0696. The summed E-state index contributed by atoms with van der Waals surface area (Å²) in [5.41, 5.74) is 0.773. The molecule has 0 aliphatic carbocycles. The number of carbonyl (C=O) groups is 1. The van der Waals surface area contributed by atoms with Crippen LogP contribution < -0.4 is 0 Å². The monoisotopic (exact) mass is 202 g/mol. The van der Waals surface area contributed by atoms with E-state index in [2.05, 4.69) is 12.6 Å². The van der Waals surface area contributed by atoms with Crippen LogP contribution in [0.4, 0.5) is 0 Å². The molecule has 4 heteroatoms. The van der Waals surface area contributed by atoms with Crippen LogP contribution in [-0.4, -0.2) is 11.1 Å². The zero-order valence-corrected chi connectivity index (χ0v) is 7.99. The number of benzene rings is 1. The van der Waals surface area contributed by atoms with E-state index in [0.29, 0.717) is 15.5 Å². The molecule has 64 valence electrons. The van der Waals surface area contributed by atoms with Gasteiger partial charge in [-0.15, -0.1) is 12.6 Å². The maximum absolute atomic E-state index is 10.6. The summed E-state index contributed by atoms with van der Waals surface area (Å²) in [6.07, 6.45) is 0. The molecule has 12 heavy (non-hydrogen) atoms. The molecule has 1 aromatic carbocycles. The Kier molecular flexibility index (Phi) is 2.65. The van der Waals surface area contributed by atoms with Crippen molar-refractivity contribution in [2.24, 2.45) is 0 Å². The first-order chi connectivity index (χ1) is 5.52. The molecule has 0 heterocycles. The first-order valence-corrected chi connectivity index (χ1v) is 4.07. The van der Waals surface area contributed by atoms with Gasteiger partial charge in [-0.3, -0.25) is 0 Å². The highest BCUT2D eigenvalue weighted by Crippen LogP contribution is 2.23. The average Bonchev–Trinajstić information content (AvgIpc) is 1.96. The summed E-state index contributed by atoms with van der Waals surface area (Å²) < 4.78 is 0. The summed E-state index contributed by atoms with van der Waals surface area (Å²) in [6.45, 7) is 1.67. The van der Waals surface area contributed by atoms with Gasteiger partial charge in [0.15, 0.2) is 0 Å². The van der Waals surface area contributed by atoms with Gasteiger partial charge in [-0.2, -0.15) is 0 Å². The van der Waals surface area contributed by atoms with Crippen molar-refractivity contribution in [1.29, 1.82) is 0 Å². The van der Waals surface area contributed by atoms with Gasteiger partial charge in [-0.05, 0) is 24.6 Å². The molecular formula is C8H7ClO2S. The first-order valence-electron chi connectivity index (χ1n) is 3.25. The number of thiol groups is 1. The predicted molar refractivity (Wildman–Crippen MR) is 50.4 cm³/mol. The number of carboxylic acids is 1. The third kappa shape index (κ3) is 1.73. The predicted octanol–water partition coefficient (Wildman–Crippen LogP) is 2.64. The second-order valence-electron chi connectivity index (χ2n) is 2.41. The van der Waals surface area contributed by atoms with Crippen molar-refractivity contribution >= 4 is 30.2 Å². The van der Waals surface area contributed by atoms with E-state index in [1.807, 2.05) is 0 Å². The minimum absolute atomic E-state index is 0.201. The van der Waals surface area contributed by atoms with Crippen molar-refractivity contribution in [3.63, 3.8) is 0 Å². The molecular weight excluding hydrogens is 196 g/mol. The van der Waals surface area contributed by atoms with Crippen molar-refractivity contribution in [1.82, 2.24) is 0 Å². The van der Waals surface area contributed by atoms with E-state index in [1.54, 1.807) is 13.0 Å². The summed E-state index contributed by atoms with van der Waals surface area (Å²) in [5, 5.41) is 9.15. The van der Waals surface area contributed by atoms with Gasteiger partial charge in [0.1, 0.15) is 0 Å². The Hall–Kier alpha value is -0.670. The first kappa shape index (κ1) is 9.42. The minimum atomic E-state index is -0.981. The van der Waals surface area contributed by atoms with Crippen molar-refractivity contribution in [3.8, 4) is 0 Å².